The summed E-state index contributed by atoms with van der Waals surface area (Å²) < 4.78 is 17.7. The van der Waals surface area contributed by atoms with Crippen LogP contribution in [-0.4, -0.2) is 17.7 Å². The first-order chi connectivity index (χ1) is 14.4. The molecule has 0 atom stereocenters. The van der Waals surface area contributed by atoms with Gasteiger partial charge < -0.3 is 13.9 Å². The van der Waals surface area contributed by atoms with Crippen LogP contribution in [0.15, 0.2) is 39.5 Å². The van der Waals surface area contributed by atoms with Gasteiger partial charge in [-0.1, -0.05) is 11.6 Å². The van der Waals surface area contributed by atoms with Gasteiger partial charge in [0.25, 0.3) is 0 Å². The fraction of sp³-hybridized carbons (Fsp3) is 0.360. The number of halogens is 1. The lowest BCUT2D eigenvalue weighted by molar-refractivity contribution is 0.00672. The molecule has 2 aromatic carbocycles. The van der Waals surface area contributed by atoms with Crippen LogP contribution in [0.3, 0.4) is 0 Å². The zero-order valence-corrected chi connectivity index (χ0v) is 19.6. The largest absolute Gasteiger partial charge is 0.490 e. The summed E-state index contributed by atoms with van der Waals surface area (Å²) >= 11 is 6.09. The Kier molecular flexibility index (Phi) is 6.19. The Bertz CT molecular complexity index is 1220. The van der Waals surface area contributed by atoms with Crippen LogP contribution < -0.4 is 10.2 Å². The van der Waals surface area contributed by atoms with Gasteiger partial charge in [-0.2, -0.15) is 0 Å². The first-order valence-electron chi connectivity index (χ1n) is 10.2. The zero-order chi connectivity index (χ0) is 23.1. The quantitative estimate of drug-likeness (QED) is 0.433. The van der Waals surface area contributed by atoms with Crippen LogP contribution in [0.1, 0.15) is 56.1 Å². The number of hydrogen-bond donors (Lipinski definition) is 0. The van der Waals surface area contributed by atoms with Gasteiger partial charge in [0.05, 0.1) is 22.6 Å². The fourth-order valence-corrected chi connectivity index (χ4v) is 3.60. The summed E-state index contributed by atoms with van der Waals surface area (Å²) in [5, 5.41) is 0.914. The van der Waals surface area contributed by atoms with Crippen molar-refractivity contribution in [2.24, 2.45) is 0 Å². The van der Waals surface area contributed by atoms with Crippen LogP contribution in [0, 0.1) is 13.8 Å². The number of ether oxygens (including phenoxy) is 2. The molecule has 0 amide bonds. The molecule has 6 heteroatoms. The molecule has 31 heavy (non-hydrogen) atoms. The molecule has 5 nitrogen and oxygen atoms in total. The summed E-state index contributed by atoms with van der Waals surface area (Å²) in [7, 11) is 0. The molecule has 3 aromatic rings. The second-order valence-electron chi connectivity index (χ2n) is 8.85. The Morgan fingerprint density at radius 1 is 1.10 bits per heavy atom. The number of aryl methyl sites for hydroxylation is 1. The van der Waals surface area contributed by atoms with E-state index in [1.165, 1.54) is 6.07 Å². The summed E-state index contributed by atoms with van der Waals surface area (Å²) in [6.45, 7) is 12.9. The van der Waals surface area contributed by atoms with E-state index < -0.39 is 11.6 Å². The Balaban J connectivity index is 2.27. The van der Waals surface area contributed by atoms with E-state index in [0.717, 1.165) is 0 Å². The lowest BCUT2D eigenvalue weighted by Gasteiger charge is -2.24. The van der Waals surface area contributed by atoms with Gasteiger partial charge in [0.15, 0.2) is 5.43 Å². The molecule has 3 rings (SSSR count). The molecule has 1 heterocycles. The van der Waals surface area contributed by atoms with E-state index in [9.17, 15) is 9.59 Å². The summed E-state index contributed by atoms with van der Waals surface area (Å²) in [6.07, 6.45) is -0.159. The van der Waals surface area contributed by atoms with Gasteiger partial charge in [0.1, 0.15) is 22.7 Å². The van der Waals surface area contributed by atoms with E-state index >= 15 is 0 Å². The van der Waals surface area contributed by atoms with E-state index in [1.807, 2.05) is 48.5 Å². The first-order valence-corrected chi connectivity index (χ1v) is 10.5. The molecule has 0 aliphatic rings. The van der Waals surface area contributed by atoms with Gasteiger partial charge in [-0.05, 0) is 72.2 Å². The van der Waals surface area contributed by atoms with Crippen molar-refractivity contribution in [2.75, 3.05) is 0 Å². The van der Waals surface area contributed by atoms with Crippen molar-refractivity contribution in [2.45, 2.75) is 60.2 Å². The SMILES string of the molecule is Cc1cc(-c2cc(=O)c3ccc(Cl)cc3o2)c(OC(C)C)c(C)c1C(=O)OC(C)(C)C. The van der Waals surface area contributed by atoms with Gasteiger partial charge in [-0.25, -0.2) is 4.79 Å². The molecule has 0 aliphatic heterocycles. The molecule has 0 fully saturated rings. The molecular formula is C25H27ClO5. The van der Waals surface area contributed by atoms with Crippen LogP contribution in [0.4, 0.5) is 0 Å². The molecule has 0 saturated carbocycles. The maximum Gasteiger partial charge on any atom is 0.339 e. The van der Waals surface area contributed by atoms with Crippen LogP contribution in [-0.2, 0) is 4.74 Å². The summed E-state index contributed by atoms with van der Waals surface area (Å²) in [6, 6.07) is 8.13. The van der Waals surface area contributed by atoms with Crippen molar-refractivity contribution in [3.8, 4) is 17.1 Å². The number of benzene rings is 2. The van der Waals surface area contributed by atoms with Crippen LogP contribution in [0.2, 0.25) is 5.02 Å². The van der Waals surface area contributed by atoms with Gasteiger partial charge in [0.2, 0.25) is 0 Å². The first kappa shape index (κ1) is 22.9. The number of hydrogen-bond acceptors (Lipinski definition) is 5. The summed E-state index contributed by atoms with van der Waals surface area (Å²) in [5.74, 6) is 0.401. The van der Waals surface area contributed by atoms with Crippen molar-refractivity contribution >= 4 is 28.5 Å². The molecule has 0 saturated heterocycles. The fourth-order valence-electron chi connectivity index (χ4n) is 3.44. The maximum absolute atomic E-state index is 12.9. The molecule has 0 spiro atoms. The summed E-state index contributed by atoms with van der Waals surface area (Å²) in [5.41, 5.74) is 1.94. The third-order valence-electron chi connectivity index (χ3n) is 4.63. The predicted molar refractivity (Wildman–Crippen MR) is 123 cm³/mol. The summed E-state index contributed by atoms with van der Waals surface area (Å²) in [4.78, 5) is 25.6. The van der Waals surface area contributed by atoms with Crippen LogP contribution in [0.25, 0.3) is 22.3 Å². The molecule has 0 aliphatic carbocycles. The third kappa shape index (κ3) is 4.93. The number of fused-ring (bicyclic) bond motifs is 1. The van der Waals surface area contributed by atoms with Crippen molar-refractivity contribution in [3.63, 3.8) is 0 Å². The average molecular weight is 443 g/mol. The van der Waals surface area contributed by atoms with E-state index in [1.54, 1.807) is 24.3 Å². The van der Waals surface area contributed by atoms with Crippen molar-refractivity contribution in [3.05, 3.63) is 62.3 Å². The lowest BCUT2D eigenvalue weighted by atomic mass is 9.96. The predicted octanol–water partition coefficient (Wildman–Crippen LogP) is 6.47. The van der Waals surface area contributed by atoms with E-state index in [-0.39, 0.29) is 11.5 Å². The van der Waals surface area contributed by atoms with Gasteiger partial charge in [0, 0.05) is 22.7 Å². The molecule has 0 bridgehead atoms. The number of carbonyl (C=O) groups excluding carboxylic acids is 1. The Labute approximate surface area is 186 Å². The molecule has 1 aromatic heterocycles. The van der Waals surface area contributed by atoms with Gasteiger partial charge >= 0.3 is 5.97 Å². The van der Waals surface area contributed by atoms with E-state index in [4.69, 9.17) is 25.5 Å². The molecular weight excluding hydrogens is 416 g/mol. The third-order valence-corrected chi connectivity index (χ3v) is 4.86. The highest BCUT2D eigenvalue weighted by molar-refractivity contribution is 6.31. The van der Waals surface area contributed by atoms with Gasteiger partial charge in [-0.15, -0.1) is 0 Å². The Hall–Kier alpha value is -2.79. The normalized spacial score (nSPS) is 11.8. The van der Waals surface area contributed by atoms with E-state index in [2.05, 4.69) is 0 Å². The second kappa shape index (κ2) is 8.39. The molecule has 0 radical (unpaired) electrons. The van der Waals surface area contributed by atoms with E-state index in [0.29, 0.717) is 49.8 Å². The highest BCUT2D eigenvalue weighted by Gasteiger charge is 2.26. The maximum atomic E-state index is 12.9. The minimum absolute atomic E-state index is 0.159. The van der Waals surface area contributed by atoms with Gasteiger partial charge in [-0.3, -0.25) is 4.79 Å². The average Bonchev–Trinajstić information content (AvgIpc) is 2.61. The zero-order valence-electron chi connectivity index (χ0n) is 18.9. The number of rotatable bonds is 4. The van der Waals surface area contributed by atoms with Crippen molar-refractivity contribution in [1.29, 1.82) is 0 Å². The highest BCUT2D eigenvalue weighted by Crippen LogP contribution is 2.38. The standard InChI is InChI=1S/C25H27ClO5/c1-13(2)29-23-15(4)22(24(28)31-25(5,6)7)14(3)10-18(23)21-12-19(27)17-9-8-16(26)11-20(17)30-21/h8-13H,1-7H3. The topological polar surface area (TPSA) is 65.7 Å². The second-order valence-corrected chi connectivity index (χ2v) is 9.29. The van der Waals surface area contributed by atoms with Crippen molar-refractivity contribution < 1.29 is 18.7 Å². The highest BCUT2D eigenvalue weighted by atomic mass is 35.5. The molecule has 0 N–H and O–H groups in total. The van der Waals surface area contributed by atoms with Crippen LogP contribution in [0.5, 0.6) is 5.75 Å². The van der Waals surface area contributed by atoms with Crippen molar-refractivity contribution in [1.82, 2.24) is 0 Å². The minimum Gasteiger partial charge on any atom is -0.490 e. The molecule has 0 unspecified atom stereocenters. The van der Waals surface area contributed by atoms with Crippen LogP contribution >= 0.6 is 11.6 Å². The number of carbonyl (C=O) groups is 1. The smallest absolute Gasteiger partial charge is 0.339 e. The Morgan fingerprint density at radius 3 is 2.39 bits per heavy atom. The minimum atomic E-state index is -0.627. The monoisotopic (exact) mass is 442 g/mol. The lowest BCUT2D eigenvalue weighted by Crippen LogP contribution is -2.25. The Morgan fingerprint density at radius 2 is 1.77 bits per heavy atom. The number of esters is 1. The molecule has 164 valence electrons.